The third-order valence-electron chi connectivity index (χ3n) is 3.71. The zero-order chi connectivity index (χ0) is 17.6. The first-order valence-electron chi connectivity index (χ1n) is 8.00. The van der Waals surface area contributed by atoms with Crippen molar-refractivity contribution in [1.29, 1.82) is 0 Å². The number of hydrogen-bond acceptors (Lipinski definition) is 8. The number of benzene rings is 1. The van der Waals surface area contributed by atoms with Gasteiger partial charge in [0, 0.05) is 12.1 Å². The van der Waals surface area contributed by atoms with Crippen LogP contribution in [-0.2, 0) is 13.1 Å². The van der Waals surface area contributed by atoms with Gasteiger partial charge >= 0.3 is 0 Å². The number of unbranched alkanes of at least 4 members (excludes halogenated alkanes) is 1. The molecule has 0 saturated carbocycles. The van der Waals surface area contributed by atoms with E-state index in [2.05, 4.69) is 37.9 Å². The standard InChI is InChI=1S/C15H20N8O2/c1-4-5-8-22-14(16-19-21-22)10-23-18-15(17-20-23)11-6-7-12(24-2)13(9-11)25-3/h6-7,9H,4-5,8,10H2,1-3H3. The highest BCUT2D eigenvalue weighted by molar-refractivity contribution is 5.60. The Balaban J connectivity index is 1.78. The quantitative estimate of drug-likeness (QED) is 0.600. The molecule has 25 heavy (non-hydrogen) atoms. The molecule has 0 N–H and O–H groups in total. The van der Waals surface area contributed by atoms with E-state index in [1.54, 1.807) is 25.0 Å². The van der Waals surface area contributed by atoms with Gasteiger partial charge in [-0.3, -0.25) is 0 Å². The Morgan fingerprint density at radius 3 is 2.64 bits per heavy atom. The highest BCUT2D eigenvalue weighted by Crippen LogP contribution is 2.30. The molecule has 3 aromatic rings. The monoisotopic (exact) mass is 344 g/mol. The number of ether oxygens (including phenoxy) is 2. The van der Waals surface area contributed by atoms with Crippen molar-refractivity contribution in [2.75, 3.05) is 14.2 Å². The topological polar surface area (TPSA) is 106 Å². The number of aromatic nitrogens is 8. The van der Waals surface area contributed by atoms with E-state index >= 15 is 0 Å². The van der Waals surface area contributed by atoms with E-state index in [0.29, 0.717) is 29.7 Å². The fraction of sp³-hybridized carbons (Fsp3) is 0.467. The smallest absolute Gasteiger partial charge is 0.205 e. The van der Waals surface area contributed by atoms with Crippen LogP contribution in [0.3, 0.4) is 0 Å². The summed E-state index contributed by atoms with van der Waals surface area (Å²) < 4.78 is 12.3. The van der Waals surface area contributed by atoms with Crippen molar-refractivity contribution < 1.29 is 9.47 Å². The summed E-state index contributed by atoms with van der Waals surface area (Å²) in [4.78, 5) is 1.47. The Kier molecular flexibility index (Phi) is 5.17. The molecule has 0 aliphatic heterocycles. The number of nitrogens with zero attached hydrogens (tertiary/aromatic N) is 8. The van der Waals surface area contributed by atoms with Gasteiger partial charge in [0.25, 0.3) is 0 Å². The van der Waals surface area contributed by atoms with Gasteiger partial charge in [-0.2, -0.15) is 4.80 Å². The highest BCUT2D eigenvalue weighted by Gasteiger charge is 2.13. The molecule has 2 heterocycles. The Morgan fingerprint density at radius 1 is 1.04 bits per heavy atom. The Labute approximate surface area is 144 Å². The molecule has 10 heteroatoms. The molecule has 0 unspecified atom stereocenters. The van der Waals surface area contributed by atoms with Crippen LogP contribution in [0, 0.1) is 0 Å². The first-order chi connectivity index (χ1) is 12.2. The van der Waals surface area contributed by atoms with Crippen molar-refractivity contribution in [3.63, 3.8) is 0 Å². The molecule has 2 aromatic heterocycles. The highest BCUT2D eigenvalue weighted by atomic mass is 16.5. The van der Waals surface area contributed by atoms with Gasteiger partial charge in [-0.05, 0) is 40.3 Å². The molecule has 1 aromatic carbocycles. The first kappa shape index (κ1) is 16.8. The summed E-state index contributed by atoms with van der Waals surface area (Å²) in [6.07, 6.45) is 2.09. The molecule has 0 aliphatic carbocycles. The van der Waals surface area contributed by atoms with Crippen LogP contribution in [0.1, 0.15) is 25.6 Å². The summed E-state index contributed by atoms with van der Waals surface area (Å²) >= 11 is 0. The molecular weight excluding hydrogens is 324 g/mol. The van der Waals surface area contributed by atoms with Crippen molar-refractivity contribution in [1.82, 2.24) is 40.4 Å². The molecule has 0 spiro atoms. The molecule has 132 valence electrons. The molecule has 0 radical (unpaired) electrons. The second-order valence-electron chi connectivity index (χ2n) is 5.39. The lowest BCUT2D eigenvalue weighted by Crippen LogP contribution is -2.12. The van der Waals surface area contributed by atoms with Gasteiger partial charge in [-0.25, -0.2) is 4.68 Å². The van der Waals surface area contributed by atoms with Gasteiger partial charge in [0.15, 0.2) is 17.3 Å². The van der Waals surface area contributed by atoms with Crippen molar-refractivity contribution in [3.05, 3.63) is 24.0 Å². The van der Waals surface area contributed by atoms with Crippen LogP contribution in [0.2, 0.25) is 0 Å². The summed E-state index contributed by atoms with van der Waals surface area (Å²) in [5, 5.41) is 24.3. The number of aryl methyl sites for hydroxylation is 1. The van der Waals surface area contributed by atoms with E-state index in [9.17, 15) is 0 Å². The van der Waals surface area contributed by atoms with Gasteiger partial charge in [-0.1, -0.05) is 13.3 Å². The number of tetrazole rings is 2. The Bertz CT molecular complexity index is 829. The van der Waals surface area contributed by atoms with Crippen molar-refractivity contribution in [2.45, 2.75) is 32.9 Å². The largest absolute Gasteiger partial charge is 0.493 e. The summed E-state index contributed by atoms with van der Waals surface area (Å²) in [7, 11) is 3.18. The van der Waals surface area contributed by atoms with Crippen LogP contribution < -0.4 is 9.47 Å². The lowest BCUT2D eigenvalue weighted by molar-refractivity contribution is 0.355. The predicted molar refractivity (Wildman–Crippen MR) is 88.2 cm³/mol. The molecule has 0 saturated heterocycles. The van der Waals surface area contributed by atoms with Gasteiger partial charge in [0.2, 0.25) is 5.82 Å². The Hall–Kier alpha value is -3.04. The molecule has 0 amide bonds. The van der Waals surface area contributed by atoms with Crippen LogP contribution in [0.15, 0.2) is 18.2 Å². The zero-order valence-electron chi connectivity index (χ0n) is 14.5. The fourth-order valence-electron chi connectivity index (χ4n) is 2.35. The van der Waals surface area contributed by atoms with Crippen molar-refractivity contribution in [3.8, 4) is 22.9 Å². The Morgan fingerprint density at radius 2 is 1.88 bits per heavy atom. The van der Waals surface area contributed by atoms with E-state index in [-0.39, 0.29) is 0 Å². The average molecular weight is 344 g/mol. The summed E-state index contributed by atoms with van der Waals surface area (Å²) in [5.74, 6) is 2.45. The van der Waals surface area contributed by atoms with Crippen LogP contribution >= 0.6 is 0 Å². The minimum absolute atomic E-state index is 0.358. The molecular formula is C15H20N8O2. The third kappa shape index (κ3) is 3.73. The van der Waals surface area contributed by atoms with E-state index in [1.165, 1.54) is 4.80 Å². The lowest BCUT2D eigenvalue weighted by atomic mass is 10.2. The SMILES string of the molecule is CCCCn1nnnc1Cn1nnc(-c2ccc(OC)c(OC)c2)n1. The molecule has 0 fully saturated rings. The fourth-order valence-corrected chi connectivity index (χ4v) is 2.35. The second kappa shape index (κ2) is 7.69. The molecule has 10 nitrogen and oxygen atoms in total. The van der Waals surface area contributed by atoms with Crippen molar-refractivity contribution in [2.24, 2.45) is 0 Å². The van der Waals surface area contributed by atoms with Crippen LogP contribution in [-0.4, -0.2) is 54.6 Å². The van der Waals surface area contributed by atoms with Crippen molar-refractivity contribution >= 4 is 0 Å². The molecule has 0 bridgehead atoms. The van der Waals surface area contributed by atoms with Crippen LogP contribution in [0.5, 0.6) is 11.5 Å². The molecule has 3 rings (SSSR count). The maximum atomic E-state index is 5.31. The number of hydrogen-bond donors (Lipinski definition) is 0. The van der Waals surface area contributed by atoms with E-state index in [0.717, 1.165) is 24.9 Å². The lowest BCUT2D eigenvalue weighted by Gasteiger charge is -2.07. The van der Waals surface area contributed by atoms with E-state index in [1.807, 2.05) is 12.1 Å². The third-order valence-corrected chi connectivity index (χ3v) is 3.71. The minimum Gasteiger partial charge on any atom is -0.493 e. The van der Waals surface area contributed by atoms with Crippen LogP contribution in [0.25, 0.3) is 11.4 Å². The minimum atomic E-state index is 0.358. The van der Waals surface area contributed by atoms with Gasteiger partial charge in [0.1, 0.15) is 6.54 Å². The normalized spacial score (nSPS) is 10.8. The number of rotatable bonds is 8. The summed E-state index contributed by atoms with van der Waals surface area (Å²) in [5.41, 5.74) is 0.787. The van der Waals surface area contributed by atoms with E-state index in [4.69, 9.17) is 9.47 Å². The van der Waals surface area contributed by atoms with Crippen LogP contribution in [0.4, 0.5) is 0 Å². The second-order valence-corrected chi connectivity index (χ2v) is 5.39. The predicted octanol–water partition coefficient (Wildman–Crippen LogP) is 1.19. The van der Waals surface area contributed by atoms with E-state index < -0.39 is 0 Å². The maximum absolute atomic E-state index is 5.31. The summed E-state index contributed by atoms with van der Waals surface area (Å²) in [6.45, 7) is 3.26. The first-order valence-corrected chi connectivity index (χ1v) is 8.00. The molecule has 0 atom stereocenters. The maximum Gasteiger partial charge on any atom is 0.205 e. The number of methoxy groups -OCH3 is 2. The van der Waals surface area contributed by atoms with Gasteiger partial charge < -0.3 is 9.47 Å². The van der Waals surface area contributed by atoms with Gasteiger partial charge in [-0.15, -0.1) is 15.3 Å². The zero-order valence-corrected chi connectivity index (χ0v) is 14.5. The molecule has 0 aliphatic rings. The van der Waals surface area contributed by atoms with Gasteiger partial charge in [0.05, 0.1) is 14.2 Å². The summed E-state index contributed by atoms with van der Waals surface area (Å²) in [6, 6.07) is 5.47. The average Bonchev–Trinajstić information content (AvgIpc) is 3.29.